The highest BCUT2D eigenvalue weighted by Crippen LogP contribution is 2.18. The fourth-order valence-electron chi connectivity index (χ4n) is 3.62. The molecule has 0 bridgehead atoms. The Morgan fingerprint density at radius 1 is 0.844 bits per heavy atom. The van der Waals surface area contributed by atoms with E-state index in [2.05, 4.69) is 18.7 Å². The molecule has 0 aliphatic carbocycles. The highest BCUT2D eigenvalue weighted by molar-refractivity contribution is 7.95. The number of rotatable bonds is 18. The van der Waals surface area contributed by atoms with E-state index in [1.165, 1.54) is 82.4 Å². The molecule has 0 aromatic heterocycles. The van der Waals surface area contributed by atoms with Crippen LogP contribution in [0.5, 0.6) is 0 Å². The van der Waals surface area contributed by atoms with E-state index in [0.29, 0.717) is 0 Å². The van der Waals surface area contributed by atoms with Crippen molar-refractivity contribution in [1.29, 1.82) is 5.26 Å². The van der Waals surface area contributed by atoms with Crippen LogP contribution in [0.25, 0.3) is 0 Å². The Labute approximate surface area is 196 Å². The van der Waals surface area contributed by atoms with E-state index in [-0.39, 0.29) is 9.80 Å². The molecule has 0 atom stereocenters. The monoisotopic (exact) mass is 458 g/mol. The van der Waals surface area contributed by atoms with Crippen molar-refractivity contribution in [2.45, 2.75) is 95.8 Å². The molecule has 0 fully saturated rings. The average Bonchev–Trinajstić information content (AvgIpc) is 2.81. The van der Waals surface area contributed by atoms with Gasteiger partial charge in [0.05, 0.1) is 4.90 Å². The van der Waals surface area contributed by atoms with Gasteiger partial charge in [-0.2, -0.15) is 5.26 Å². The Hall–Kier alpha value is -2.06. The standard InChI is InChI=1S/C27H42N2O2S/c1-3-5-7-9-11-16-22-29(23-17-12-10-8-6-4-2)24-18-21-27(25-28)32(30,31)26-19-14-13-15-20-26/h13-15,18-21,24H,3-12,16-17,22-23H2,1-2H3/b24-18+,27-21+. The van der Waals surface area contributed by atoms with Crippen molar-refractivity contribution in [3.8, 4) is 6.07 Å². The number of unbranched alkanes of at least 4 members (excludes halogenated alkanes) is 10. The van der Waals surface area contributed by atoms with Gasteiger partial charge in [-0.1, -0.05) is 96.3 Å². The van der Waals surface area contributed by atoms with Crippen molar-refractivity contribution in [1.82, 2.24) is 4.90 Å². The molecule has 1 aromatic rings. The molecular formula is C27H42N2O2S. The van der Waals surface area contributed by atoms with Crippen LogP contribution in [0.15, 0.2) is 58.5 Å². The quantitative estimate of drug-likeness (QED) is 0.131. The van der Waals surface area contributed by atoms with E-state index >= 15 is 0 Å². The second-order valence-corrected chi connectivity index (χ2v) is 10.3. The van der Waals surface area contributed by atoms with Gasteiger partial charge >= 0.3 is 0 Å². The van der Waals surface area contributed by atoms with Crippen LogP contribution in [-0.4, -0.2) is 26.4 Å². The minimum atomic E-state index is -3.78. The maximum absolute atomic E-state index is 12.7. The van der Waals surface area contributed by atoms with Crippen LogP contribution in [0, 0.1) is 11.3 Å². The summed E-state index contributed by atoms with van der Waals surface area (Å²) >= 11 is 0. The first-order valence-electron chi connectivity index (χ1n) is 12.4. The number of nitrogens with zero attached hydrogens (tertiary/aromatic N) is 2. The summed E-state index contributed by atoms with van der Waals surface area (Å²) in [6.45, 7) is 6.40. The minimum absolute atomic E-state index is 0.150. The van der Waals surface area contributed by atoms with Crippen LogP contribution in [0.3, 0.4) is 0 Å². The Balaban J connectivity index is 2.71. The predicted octanol–water partition coefficient (Wildman–Crippen LogP) is 7.40. The van der Waals surface area contributed by atoms with E-state index in [1.54, 1.807) is 24.3 Å². The van der Waals surface area contributed by atoms with Gasteiger partial charge in [0.15, 0.2) is 0 Å². The van der Waals surface area contributed by atoms with Gasteiger partial charge in [0.1, 0.15) is 11.0 Å². The maximum atomic E-state index is 12.7. The molecule has 0 amide bonds. The molecule has 1 rings (SSSR count). The molecule has 1 aromatic carbocycles. The third-order valence-electron chi connectivity index (χ3n) is 5.60. The first-order chi connectivity index (χ1) is 15.6. The van der Waals surface area contributed by atoms with Crippen LogP contribution in [0.4, 0.5) is 0 Å². The van der Waals surface area contributed by atoms with Crippen molar-refractivity contribution in [3.63, 3.8) is 0 Å². The molecule has 5 heteroatoms. The molecule has 0 saturated carbocycles. The summed E-state index contributed by atoms with van der Waals surface area (Å²) < 4.78 is 25.4. The van der Waals surface area contributed by atoms with Crippen LogP contribution in [0.1, 0.15) is 90.9 Å². The zero-order valence-corrected chi connectivity index (χ0v) is 21.0. The fourth-order valence-corrected chi connectivity index (χ4v) is 4.76. The molecule has 0 spiro atoms. The van der Waals surface area contributed by atoms with Gasteiger partial charge in [0.2, 0.25) is 9.84 Å². The van der Waals surface area contributed by atoms with Crippen LogP contribution < -0.4 is 0 Å². The molecule has 0 radical (unpaired) electrons. The maximum Gasteiger partial charge on any atom is 0.216 e. The number of hydrogen-bond donors (Lipinski definition) is 0. The van der Waals surface area contributed by atoms with Gasteiger partial charge < -0.3 is 4.90 Å². The predicted molar refractivity (Wildman–Crippen MR) is 135 cm³/mol. The summed E-state index contributed by atoms with van der Waals surface area (Å²) in [5.41, 5.74) is 0. The van der Waals surface area contributed by atoms with Gasteiger partial charge in [0, 0.05) is 13.1 Å². The zero-order chi connectivity index (χ0) is 23.5. The van der Waals surface area contributed by atoms with Gasteiger partial charge in [-0.15, -0.1) is 0 Å². The average molecular weight is 459 g/mol. The Bertz CT molecular complexity index is 792. The van der Waals surface area contributed by atoms with Gasteiger partial charge in [-0.3, -0.25) is 0 Å². The third kappa shape index (κ3) is 11.5. The molecule has 0 unspecified atom stereocenters. The molecular weight excluding hydrogens is 416 g/mol. The molecule has 0 N–H and O–H groups in total. The summed E-state index contributed by atoms with van der Waals surface area (Å²) in [5.74, 6) is 0. The summed E-state index contributed by atoms with van der Waals surface area (Å²) in [7, 11) is -3.78. The fraction of sp³-hybridized carbons (Fsp3) is 0.593. The third-order valence-corrected chi connectivity index (χ3v) is 7.29. The van der Waals surface area contributed by atoms with Crippen molar-refractivity contribution < 1.29 is 8.42 Å². The Morgan fingerprint density at radius 2 is 1.34 bits per heavy atom. The van der Waals surface area contributed by atoms with Gasteiger partial charge in [-0.25, -0.2) is 8.42 Å². The largest absolute Gasteiger partial charge is 0.377 e. The Kier molecular flexibility index (Phi) is 15.3. The lowest BCUT2D eigenvalue weighted by atomic mass is 10.1. The lowest BCUT2D eigenvalue weighted by Gasteiger charge is -2.20. The van der Waals surface area contributed by atoms with E-state index in [9.17, 15) is 13.7 Å². The highest BCUT2D eigenvalue weighted by Gasteiger charge is 2.19. The topological polar surface area (TPSA) is 61.2 Å². The molecule has 32 heavy (non-hydrogen) atoms. The second-order valence-electron chi connectivity index (χ2n) is 8.37. The van der Waals surface area contributed by atoms with E-state index < -0.39 is 9.84 Å². The second kappa shape index (κ2) is 17.5. The molecule has 0 saturated heterocycles. The highest BCUT2D eigenvalue weighted by atomic mass is 32.2. The number of sulfone groups is 1. The summed E-state index contributed by atoms with van der Waals surface area (Å²) in [5, 5.41) is 9.43. The first kappa shape index (κ1) is 28.0. The lowest BCUT2D eigenvalue weighted by Crippen LogP contribution is -2.20. The number of allylic oxidation sites excluding steroid dienone is 3. The van der Waals surface area contributed by atoms with Crippen molar-refractivity contribution in [2.24, 2.45) is 0 Å². The molecule has 178 valence electrons. The number of nitriles is 1. The SMILES string of the molecule is CCCCCCCCN(/C=C/C=C(\C#N)S(=O)(=O)c1ccccc1)CCCCCCCC. The minimum Gasteiger partial charge on any atom is -0.377 e. The van der Waals surface area contributed by atoms with Crippen molar-refractivity contribution in [3.05, 3.63) is 53.6 Å². The van der Waals surface area contributed by atoms with Crippen LogP contribution >= 0.6 is 0 Å². The molecule has 0 heterocycles. The van der Waals surface area contributed by atoms with E-state index in [1.807, 2.05) is 12.3 Å². The van der Waals surface area contributed by atoms with Crippen LogP contribution in [0.2, 0.25) is 0 Å². The van der Waals surface area contributed by atoms with Crippen molar-refractivity contribution in [2.75, 3.05) is 13.1 Å². The van der Waals surface area contributed by atoms with Crippen molar-refractivity contribution >= 4 is 9.84 Å². The summed E-state index contributed by atoms with van der Waals surface area (Å²) in [6.07, 6.45) is 20.1. The zero-order valence-electron chi connectivity index (χ0n) is 20.1. The smallest absolute Gasteiger partial charge is 0.216 e. The van der Waals surface area contributed by atoms with E-state index in [4.69, 9.17) is 0 Å². The van der Waals surface area contributed by atoms with Crippen LogP contribution in [-0.2, 0) is 9.84 Å². The van der Waals surface area contributed by atoms with Gasteiger partial charge in [-0.05, 0) is 43.3 Å². The first-order valence-corrected chi connectivity index (χ1v) is 13.9. The number of benzene rings is 1. The normalized spacial score (nSPS) is 12.2. The van der Waals surface area contributed by atoms with Gasteiger partial charge in [0.25, 0.3) is 0 Å². The number of hydrogen-bond acceptors (Lipinski definition) is 4. The molecule has 0 aliphatic rings. The molecule has 4 nitrogen and oxygen atoms in total. The summed E-state index contributed by atoms with van der Waals surface area (Å²) in [4.78, 5) is 2.21. The summed E-state index contributed by atoms with van der Waals surface area (Å²) in [6, 6.07) is 10.00. The Morgan fingerprint density at radius 3 is 1.84 bits per heavy atom. The van der Waals surface area contributed by atoms with E-state index in [0.717, 1.165) is 25.9 Å². The molecule has 0 aliphatic heterocycles. The lowest BCUT2D eigenvalue weighted by molar-refractivity contribution is 0.349.